The van der Waals surface area contributed by atoms with Gasteiger partial charge in [-0.3, -0.25) is 19.7 Å². The van der Waals surface area contributed by atoms with E-state index in [9.17, 15) is 14.4 Å². The monoisotopic (exact) mass is 384 g/mol. The van der Waals surface area contributed by atoms with Gasteiger partial charge in [-0.15, -0.1) is 0 Å². The molecule has 1 saturated heterocycles. The fraction of sp³-hybridized carbons (Fsp3) is 0.250. The third kappa shape index (κ3) is 3.40. The number of nitrogens with zero attached hydrogens (tertiary/aromatic N) is 1. The van der Waals surface area contributed by atoms with Crippen molar-refractivity contribution < 1.29 is 19.1 Å². The number of nitrogens with one attached hydrogen (secondary N) is 1. The van der Waals surface area contributed by atoms with Crippen molar-refractivity contribution >= 4 is 29.3 Å². The molecule has 1 unspecified atom stereocenters. The van der Waals surface area contributed by atoms with Gasteiger partial charge in [0.1, 0.15) is 18.4 Å². The fourth-order valence-corrected chi connectivity index (χ4v) is 3.56. The van der Waals surface area contributed by atoms with Crippen molar-refractivity contribution in [2.24, 2.45) is 0 Å². The van der Waals surface area contributed by atoms with Crippen LogP contribution in [0.2, 0.25) is 5.02 Å². The largest absolute Gasteiger partial charge is 0.489 e. The first-order valence-corrected chi connectivity index (χ1v) is 9.04. The summed E-state index contributed by atoms with van der Waals surface area (Å²) in [7, 11) is 0. The molecule has 1 fully saturated rings. The van der Waals surface area contributed by atoms with Crippen molar-refractivity contribution in [1.82, 2.24) is 10.2 Å². The number of ether oxygens (including phenoxy) is 1. The lowest BCUT2D eigenvalue weighted by Crippen LogP contribution is -2.52. The van der Waals surface area contributed by atoms with E-state index in [2.05, 4.69) is 5.32 Å². The summed E-state index contributed by atoms with van der Waals surface area (Å²) in [5, 5.41) is 2.96. The maximum Gasteiger partial charge on any atom is 0.255 e. The lowest BCUT2D eigenvalue weighted by atomic mass is 10.0. The second-order valence-corrected chi connectivity index (χ2v) is 7.03. The minimum absolute atomic E-state index is 0.212. The number of hydrogen-bond donors (Lipinski definition) is 1. The SMILES string of the molecule is O=C1CCC(N2Cc3c(OCc4ccc(Cl)cc4)cccc3C2=O)C(=O)N1. The number of fused-ring (bicyclic) bond motifs is 1. The Morgan fingerprint density at radius 3 is 2.63 bits per heavy atom. The van der Waals surface area contributed by atoms with Crippen LogP contribution in [0.4, 0.5) is 0 Å². The lowest BCUT2D eigenvalue weighted by Gasteiger charge is -2.29. The molecule has 27 heavy (non-hydrogen) atoms. The Bertz CT molecular complexity index is 926. The molecule has 2 aromatic rings. The van der Waals surface area contributed by atoms with Crippen LogP contribution in [0.5, 0.6) is 5.75 Å². The van der Waals surface area contributed by atoms with Gasteiger partial charge >= 0.3 is 0 Å². The maximum absolute atomic E-state index is 12.8. The highest BCUT2D eigenvalue weighted by Gasteiger charge is 2.40. The average Bonchev–Trinajstić information content (AvgIpc) is 2.99. The first-order valence-electron chi connectivity index (χ1n) is 8.67. The Morgan fingerprint density at radius 1 is 1.11 bits per heavy atom. The number of halogens is 1. The van der Waals surface area contributed by atoms with E-state index in [0.29, 0.717) is 29.4 Å². The molecule has 1 atom stereocenters. The number of hydrogen-bond acceptors (Lipinski definition) is 4. The van der Waals surface area contributed by atoms with Crippen molar-refractivity contribution in [2.75, 3.05) is 0 Å². The van der Waals surface area contributed by atoms with Gasteiger partial charge < -0.3 is 9.64 Å². The molecule has 0 bridgehead atoms. The van der Waals surface area contributed by atoms with Gasteiger partial charge in [-0.25, -0.2) is 0 Å². The van der Waals surface area contributed by atoms with Crippen LogP contribution in [0.15, 0.2) is 42.5 Å². The Hall–Kier alpha value is -2.86. The van der Waals surface area contributed by atoms with Gasteiger partial charge in [0, 0.05) is 22.6 Å². The van der Waals surface area contributed by atoms with Gasteiger partial charge in [0.2, 0.25) is 11.8 Å². The zero-order chi connectivity index (χ0) is 19.0. The van der Waals surface area contributed by atoms with E-state index < -0.39 is 11.9 Å². The van der Waals surface area contributed by atoms with Crippen LogP contribution in [-0.4, -0.2) is 28.7 Å². The molecule has 7 heteroatoms. The molecule has 3 amide bonds. The fourth-order valence-electron chi connectivity index (χ4n) is 3.43. The first kappa shape index (κ1) is 17.5. The van der Waals surface area contributed by atoms with Gasteiger partial charge in [-0.05, 0) is 36.2 Å². The summed E-state index contributed by atoms with van der Waals surface area (Å²) in [5.74, 6) is -0.314. The van der Waals surface area contributed by atoms with E-state index in [1.165, 1.54) is 4.90 Å². The van der Waals surface area contributed by atoms with E-state index >= 15 is 0 Å². The van der Waals surface area contributed by atoms with Crippen LogP contribution < -0.4 is 10.1 Å². The third-order valence-corrected chi connectivity index (χ3v) is 5.10. The smallest absolute Gasteiger partial charge is 0.255 e. The number of imide groups is 1. The summed E-state index contributed by atoms with van der Waals surface area (Å²) in [6.45, 7) is 0.636. The number of carbonyl (C=O) groups is 3. The molecule has 0 saturated carbocycles. The Morgan fingerprint density at radius 2 is 1.89 bits per heavy atom. The van der Waals surface area contributed by atoms with Crippen LogP contribution in [0, 0.1) is 0 Å². The van der Waals surface area contributed by atoms with E-state index in [1.807, 2.05) is 18.2 Å². The normalized spacial score (nSPS) is 19.1. The number of carbonyl (C=O) groups excluding carboxylic acids is 3. The quantitative estimate of drug-likeness (QED) is 0.822. The molecule has 4 rings (SSSR count). The van der Waals surface area contributed by atoms with Crippen molar-refractivity contribution in [3.63, 3.8) is 0 Å². The standard InChI is InChI=1S/C20H17ClN2O4/c21-13-6-4-12(5-7-13)11-27-17-3-1-2-14-15(17)10-23(20(14)26)16-8-9-18(24)22-19(16)25/h1-7,16H,8-11H2,(H,22,24,25). The first-order chi connectivity index (χ1) is 13.0. The van der Waals surface area contributed by atoms with Crippen LogP contribution in [0.1, 0.15) is 34.3 Å². The van der Waals surface area contributed by atoms with Crippen LogP contribution in [0.3, 0.4) is 0 Å². The molecule has 2 heterocycles. The molecule has 0 aliphatic carbocycles. The molecule has 2 aliphatic heterocycles. The minimum atomic E-state index is -0.633. The molecule has 138 valence electrons. The van der Waals surface area contributed by atoms with Crippen molar-refractivity contribution in [3.8, 4) is 5.75 Å². The van der Waals surface area contributed by atoms with Gasteiger partial charge in [0.25, 0.3) is 5.91 Å². The number of amides is 3. The van der Waals surface area contributed by atoms with Gasteiger partial charge in [0.05, 0.1) is 6.54 Å². The zero-order valence-electron chi connectivity index (χ0n) is 14.4. The summed E-state index contributed by atoms with van der Waals surface area (Å²) < 4.78 is 5.93. The van der Waals surface area contributed by atoms with Crippen LogP contribution in [0.25, 0.3) is 0 Å². The van der Waals surface area contributed by atoms with Gasteiger partial charge in [0.15, 0.2) is 0 Å². The molecular formula is C20H17ClN2O4. The van der Waals surface area contributed by atoms with Gasteiger partial charge in [-0.1, -0.05) is 29.8 Å². The zero-order valence-corrected chi connectivity index (χ0v) is 15.2. The van der Waals surface area contributed by atoms with E-state index in [-0.39, 0.29) is 24.8 Å². The molecular weight excluding hydrogens is 368 g/mol. The molecule has 0 aromatic heterocycles. The number of benzene rings is 2. The highest BCUT2D eigenvalue weighted by molar-refractivity contribution is 6.30. The van der Waals surface area contributed by atoms with Crippen LogP contribution in [-0.2, 0) is 22.7 Å². The molecule has 2 aromatic carbocycles. The number of rotatable bonds is 4. The summed E-state index contributed by atoms with van der Waals surface area (Å²) >= 11 is 5.89. The molecule has 2 aliphatic rings. The summed E-state index contributed by atoms with van der Waals surface area (Å²) in [6.07, 6.45) is 0.571. The van der Waals surface area contributed by atoms with Crippen LogP contribution >= 0.6 is 11.6 Å². The van der Waals surface area contributed by atoms with Crippen molar-refractivity contribution in [3.05, 3.63) is 64.2 Å². The van der Waals surface area contributed by atoms with Crippen molar-refractivity contribution in [1.29, 1.82) is 0 Å². The van der Waals surface area contributed by atoms with E-state index in [4.69, 9.17) is 16.3 Å². The predicted octanol–water partition coefficient (Wildman–Crippen LogP) is 2.68. The number of piperidine rings is 1. The van der Waals surface area contributed by atoms with E-state index in [0.717, 1.165) is 11.1 Å². The summed E-state index contributed by atoms with van der Waals surface area (Å²) in [6, 6.07) is 12.0. The Balaban J connectivity index is 1.53. The second kappa shape index (κ2) is 7.04. The summed E-state index contributed by atoms with van der Waals surface area (Å²) in [4.78, 5) is 37.8. The van der Waals surface area contributed by atoms with Crippen molar-refractivity contribution in [2.45, 2.75) is 32.0 Å². The molecule has 6 nitrogen and oxygen atoms in total. The second-order valence-electron chi connectivity index (χ2n) is 6.60. The molecule has 1 N–H and O–H groups in total. The highest BCUT2D eigenvalue weighted by Crippen LogP contribution is 2.33. The minimum Gasteiger partial charge on any atom is -0.489 e. The topological polar surface area (TPSA) is 75.7 Å². The summed E-state index contributed by atoms with van der Waals surface area (Å²) in [5.41, 5.74) is 2.26. The van der Waals surface area contributed by atoms with Gasteiger partial charge in [-0.2, -0.15) is 0 Å². The lowest BCUT2D eigenvalue weighted by molar-refractivity contribution is -0.136. The Kier molecular flexibility index (Phi) is 4.58. The predicted molar refractivity (Wildman–Crippen MR) is 98.3 cm³/mol. The third-order valence-electron chi connectivity index (χ3n) is 4.85. The molecule has 0 spiro atoms. The Labute approximate surface area is 161 Å². The molecule has 0 radical (unpaired) electrons. The highest BCUT2D eigenvalue weighted by atomic mass is 35.5. The maximum atomic E-state index is 12.8. The van der Waals surface area contributed by atoms with E-state index in [1.54, 1.807) is 24.3 Å². The average molecular weight is 385 g/mol.